The molecular formula is C11H20F3N. The largest absolute Gasteiger partial charge is 0.401 e. The summed E-state index contributed by atoms with van der Waals surface area (Å²) in [5.41, 5.74) is 0.0611. The average molecular weight is 223 g/mol. The molecule has 0 amide bonds. The Kier molecular flexibility index (Phi) is 3.12. The van der Waals surface area contributed by atoms with Crippen molar-refractivity contribution in [1.29, 1.82) is 0 Å². The van der Waals surface area contributed by atoms with E-state index in [1.54, 1.807) is 0 Å². The number of hydrogen-bond donors (Lipinski definition) is 0. The molecule has 1 fully saturated rings. The van der Waals surface area contributed by atoms with E-state index < -0.39 is 12.7 Å². The van der Waals surface area contributed by atoms with Gasteiger partial charge in [0.05, 0.1) is 6.54 Å². The molecule has 1 saturated heterocycles. The SMILES string of the molecule is CC(C)(C)C1(C)CCN(CC(F)(F)F)C1. The standard InChI is InChI=1S/C11H20F3N/c1-9(2,3)10(4)5-6-15(7-10)8-11(12,13)14/h5-8H2,1-4H3. The van der Waals surface area contributed by atoms with Crippen molar-refractivity contribution in [2.45, 2.75) is 40.3 Å². The Balaban J connectivity index is 2.60. The lowest BCUT2D eigenvalue weighted by Crippen LogP contribution is -2.38. The highest BCUT2D eigenvalue weighted by molar-refractivity contribution is 4.94. The van der Waals surface area contributed by atoms with Crippen LogP contribution in [0.25, 0.3) is 0 Å². The van der Waals surface area contributed by atoms with Crippen LogP contribution in [0.1, 0.15) is 34.1 Å². The molecule has 1 unspecified atom stereocenters. The van der Waals surface area contributed by atoms with Gasteiger partial charge in [-0.25, -0.2) is 0 Å². The Morgan fingerprint density at radius 1 is 1.20 bits per heavy atom. The van der Waals surface area contributed by atoms with Crippen LogP contribution in [0, 0.1) is 10.8 Å². The Labute approximate surface area is 89.6 Å². The Morgan fingerprint density at radius 2 is 1.73 bits per heavy atom. The Hall–Kier alpha value is -0.250. The molecule has 0 spiro atoms. The van der Waals surface area contributed by atoms with Crippen LogP contribution in [0.5, 0.6) is 0 Å². The lowest BCUT2D eigenvalue weighted by molar-refractivity contribution is -0.144. The van der Waals surface area contributed by atoms with E-state index in [2.05, 4.69) is 27.7 Å². The molecule has 0 aliphatic carbocycles. The van der Waals surface area contributed by atoms with Crippen LogP contribution in [-0.4, -0.2) is 30.7 Å². The molecule has 0 N–H and O–H groups in total. The van der Waals surface area contributed by atoms with Gasteiger partial charge in [0.25, 0.3) is 0 Å². The molecule has 90 valence electrons. The Bertz CT molecular complexity index is 229. The van der Waals surface area contributed by atoms with E-state index in [9.17, 15) is 13.2 Å². The molecule has 0 aromatic carbocycles. The van der Waals surface area contributed by atoms with E-state index in [0.717, 1.165) is 6.42 Å². The fourth-order valence-electron chi connectivity index (χ4n) is 2.06. The van der Waals surface area contributed by atoms with E-state index in [0.29, 0.717) is 13.1 Å². The zero-order valence-corrected chi connectivity index (χ0v) is 9.91. The number of hydrogen-bond acceptors (Lipinski definition) is 1. The molecule has 1 atom stereocenters. The van der Waals surface area contributed by atoms with Crippen molar-refractivity contribution in [2.75, 3.05) is 19.6 Å². The van der Waals surface area contributed by atoms with E-state index in [4.69, 9.17) is 0 Å². The maximum Gasteiger partial charge on any atom is 0.401 e. The van der Waals surface area contributed by atoms with Crippen molar-refractivity contribution in [3.8, 4) is 0 Å². The van der Waals surface area contributed by atoms with Crippen molar-refractivity contribution in [3.05, 3.63) is 0 Å². The minimum atomic E-state index is -4.07. The molecule has 0 radical (unpaired) electrons. The molecular weight excluding hydrogens is 203 g/mol. The van der Waals surface area contributed by atoms with Gasteiger partial charge in [0.15, 0.2) is 0 Å². The molecule has 0 aromatic rings. The summed E-state index contributed by atoms with van der Waals surface area (Å²) in [5, 5.41) is 0. The highest BCUT2D eigenvalue weighted by atomic mass is 19.4. The second-order valence-electron chi connectivity index (χ2n) is 5.89. The second-order valence-corrected chi connectivity index (χ2v) is 5.89. The van der Waals surface area contributed by atoms with Crippen molar-refractivity contribution >= 4 is 0 Å². The van der Waals surface area contributed by atoms with Gasteiger partial charge in [0, 0.05) is 6.54 Å². The van der Waals surface area contributed by atoms with Crippen LogP contribution >= 0.6 is 0 Å². The van der Waals surface area contributed by atoms with Crippen molar-refractivity contribution in [1.82, 2.24) is 4.90 Å². The predicted molar refractivity (Wildman–Crippen MR) is 54.7 cm³/mol. The van der Waals surface area contributed by atoms with Crippen LogP contribution in [0.2, 0.25) is 0 Å². The summed E-state index contributed by atoms with van der Waals surface area (Å²) in [6, 6.07) is 0. The molecule has 1 nitrogen and oxygen atoms in total. The first-order valence-electron chi connectivity index (χ1n) is 5.33. The quantitative estimate of drug-likeness (QED) is 0.659. The number of nitrogens with zero attached hydrogens (tertiary/aromatic N) is 1. The normalized spacial score (nSPS) is 29.8. The van der Waals surface area contributed by atoms with Gasteiger partial charge in [-0.2, -0.15) is 13.2 Å². The van der Waals surface area contributed by atoms with Gasteiger partial charge < -0.3 is 0 Å². The third-order valence-electron chi connectivity index (χ3n) is 3.77. The molecule has 0 bridgehead atoms. The minimum Gasteiger partial charge on any atom is -0.294 e. The van der Waals surface area contributed by atoms with Crippen molar-refractivity contribution in [3.63, 3.8) is 0 Å². The van der Waals surface area contributed by atoms with Gasteiger partial charge in [-0.15, -0.1) is 0 Å². The fourth-order valence-corrected chi connectivity index (χ4v) is 2.06. The van der Waals surface area contributed by atoms with E-state index in [-0.39, 0.29) is 10.8 Å². The number of alkyl halides is 3. The van der Waals surface area contributed by atoms with Gasteiger partial charge in [0.2, 0.25) is 0 Å². The van der Waals surface area contributed by atoms with E-state index >= 15 is 0 Å². The molecule has 0 aromatic heterocycles. The summed E-state index contributed by atoms with van der Waals surface area (Å²) in [6.07, 6.45) is -3.21. The summed E-state index contributed by atoms with van der Waals surface area (Å²) in [4.78, 5) is 1.52. The van der Waals surface area contributed by atoms with E-state index in [1.165, 1.54) is 4.90 Å². The first-order valence-corrected chi connectivity index (χ1v) is 5.33. The molecule has 1 aliphatic heterocycles. The molecule has 15 heavy (non-hydrogen) atoms. The van der Waals surface area contributed by atoms with Crippen LogP contribution in [0.15, 0.2) is 0 Å². The molecule has 4 heteroatoms. The minimum absolute atomic E-state index is 0.00174. The molecule has 0 saturated carbocycles. The fraction of sp³-hybridized carbons (Fsp3) is 1.00. The third-order valence-corrected chi connectivity index (χ3v) is 3.77. The predicted octanol–water partition coefficient (Wildman–Crippen LogP) is 3.31. The molecule has 1 aliphatic rings. The van der Waals surface area contributed by atoms with Crippen LogP contribution < -0.4 is 0 Å². The zero-order chi connectivity index (χ0) is 11.9. The first kappa shape index (κ1) is 12.8. The van der Waals surface area contributed by atoms with Crippen molar-refractivity contribution in [2.24, 2.45) is 10.8 Å². The van der Waals surface area contributed by atoms with Crippen LogP contribution in [-0.2, 0) is 0 Å². The van der Waals surface area contributed by atoms with E-state index in [1.807, 2.05) is 0 Å². The highest BCUT2D eigenvalue weighted by Gasteiger charge is 2.45. The summed E-state index contributed by atoms with van der Waals surface area (Å²) in [5.74, 6) is 0. The molecule has 1 heterocycles. The van der Waals surface area contributed by atoms with Gasteiger partial charge in [-0.1, -0.05) is 27.7 Å². The third kappa shape index (κ3) is 3.10. The average Bonchev–Trinajstić information content (AvgIpc) is 2.27. The monoisotopic (exact) mass is 223 g/mol. The number of likely N-dealkylation sites (tertiary alicyclic amines) is 1. The van der Waals surface area contributed by atoms with Gasteiger partial charge in [-0.3, -0.25) is 4.90 Å². The smallest absolute Gasteiger partial charge is 0.294 e. The maximum atomic E-state index is 12.2. The maximum absolute atomic E-state index is 12.2. The highest BCUT2D eigenvalue weighted by Crippen LogP contribution is 2.45. The summed E-state index contributed by atoms with van der Waals surface area (Å²) >= 11 is 0. The van der Waals surface area contributed by atoms with Crippen molar-refractivity contribution < 1.29 is 13.2 Å². The second kappa shape index (κ2) is 3.65. The summed E-state index contributed by atoms with van der Waals surface area (Å²) < 4.78 is 36.6. The zero-order valence-electron chi connectivity index (χ0n) is 9.91. The number of rotatable bonds is 1. The van der Waals surface area contributed by atoms with Gasteiger partial charge in [-0.05, 0) is 23.8 Å². The van der Waals surface area contributed by atoms with Crippen LogP contribution in [0.4, 0.5) is 13.2 Å². The molecule has 1 rings (SSSR count). The Morgan fingerprint density at radius 3 is 2.07 bits per heavy atom. The van der Waals surface area contributed by atoms with Gasteiger partial charge >= 0.3 is 6.18 Å². The lowest BCUT2D eigenvalue weighted by atomic mass is 9.67. The first-order chi connectivity index (χ1) is 6.54. The lowest BCUT2D eigenvalue weighted by Gasteiger charge is -2.38. The van der Waals surface area contributed by atoms with Crippen LogP contribution in [0.3, 0.4) is 0 Å². The summed E-state index contributed by atoms with van der Waals surface area (Å²) in [7, 11) is 0. The summed E-state index contributed by atoms with van der Waals surface area (Å²) in [6.45, 7) is 8.74. The topological polar surface area (TPSA) is 3.24 Å². The van der Waals surface area contributed by atoms with Gasteiger partial charge in [0.1, 0.15) is 0 Å². The number of halogens is 3.